The van der Waals surface area contributed by atoms with E-state index >= 15 is 0 Å². The molecule has 0 saturated heterocycles. The van der Waals surface area contributed by atoms with Crippen molar-refractivity contribution in [2.24, 2.45) is 5.92 Å². The van der Waals surface area contributed by atoms with E-state index in [1.54, 1.807) is 6.92 Å². The van der Waals surface area contributed by atoms with Crippen LogP contribution in [0.25, 0.3) is 0 Å². The van der Waals surface area contributed by atoms with Crippen LogP contribution < -0.4 is 5.32 Å². The van der Waals surface area contributed by atoms with Crippen molar-refractivity contribution >= 4 is 27.8 Å². The van der Waals surface area contributed by atoms with Gasteiger partial charge in [0.05, 0.1) is 6.42 Å². The Morgan fingerprint density at radius 1 is 1.42 bits per heavy atom. The van der Waals surface area contributed by atoms with E-state index < -0.39 is 5.97 Å². The van der Waals surface area contributed by atoms with Crippen LogP contribution in [-0.4, -0.2) is 23.5 Å². The normalized spacial score (nSPS) is 11.9. The maximum atomic E-state index is 11.7. The SMILES string of the molecule is Cc1ccc(CC(=O)NCC(C)CC(=O)O)cc1Br. The van der Waals surface area contributed by atoms with Gasteiger partial charge in [-0.25, -0.2) is 0 Å². The molecule has 0 saturated carbocycles. The summed E-state index contributed by atoms with van der Waals surface area (Å²) < 4.78 is 0.983. The molecule has 0 aliphatic rings. The standard InChI is InChI=1S/C14H18BrNO3/c1-9(5-14(18)19)8-16-13(17)7-11-4-3-10(2)12(15)6-11/h3-4,6,9H,5,7-8H2,1-2H3,(H,16,17)(H,18,19). The summed E-state index contributed by atoms with van der Waals surface area (Å²) in [5, 5.41) is 11.4. The summed E-state index contributed by atoms with van der Waals surface area (Å²) in [6.45, 7) is 4.18. The molecule has 1 atom stereocenters. The third kappa shape index (κ3) is 5.87. The lowest BCUT2D eigenvalue weighted by molar-refractivity contribution is -0.138. The molecule has 1 rings (SSSR count). The van der Waals surface area contributed by atoms with Crippen molar-refractivity contribution in [1.29, 1.82) is 0 Å². The molecule has 0 fully saturated rings. The lowest BCUT2D eigenvalue weighted by atomic mass is 10.1. The fourth-order valence-corrected chi connectivity index (χ4v) is 2.08. The quantitative estimate of drug-likeness (QED) is 0.843. The Kier molecular flexibility index (Phi) is 6.02. The summed E-state index contributed by atoms with van der Waals surface area (Å²) in [6, 6.07) is 5.80. The van der Waals surface area contributed by atoms with Crippen molar-refractivity contribution in [2.45, 2.75) is 26.7 Å². The molecule has 0 aromatic heterocycles. The van der Waals surface area contributed by atoms with Gasteiger partial charge in [-0.05, 0) is 30.0 Å². The van der Waals surface area contributed by atoms with Crippen LogP contribution in [0.2, 0.25) is 0 Å². The van der Waals surface area contributed by atoms with E-state index in [9.17, 15) is 9.59 Å². The second-order valence-corrected chi connectivity index (χ2v) is 5.62. The third-order valence-electron chi connectivity index (χ3n) is 2.77. The van der Waals surface area contributed by atoms with Crippen molar-refractivity contribution in [2.75, 3.05) is 6.54 Å². The maximum absolute atomic E-state index is 11.7. The Balaban J connectivity index is 2.42. The fourth-order valence-electron chi connectivity index (χ4n) is 1.65. The fraction of sp³-hybridized carbons (Fsp3) is 0.429. The average molecular weight is 328 g/mol. The van der Waals surface area contributed by atoms with Gasteiger partial charge < -0.3 is 10.4 Å². The molecule has 19 heavy (non-hydrogen) atoms. The minimum Gasteiger partial charge on any atom is -0.481 e. The molecule has 1 aromatic rings. The second-order valence-electron chi connectivity index (χ2n) is 4.77. The molecule has 0 radical (unpaired) electrons. The summed E-state index contributed by atoms with van der Waals surface area (Å²) in [5.74, 6) is -0.997. The van der Waals surface area contributed by atoms with Crippen LogP contribution in [0, 0.1) is 12.8 Å². The number of hydrogen-bond donors (Lipinski definition) is 2. The number of carbonyl (C=O) groups excluding carboxylic acids is 1. The molecule has 1 unspecified atom stereocenters. The Bertz CT molecular complexity index is 474. The van der Waals surface area contributed by atoms with Gasteiger partial charge in [-0.3, -0.25) is 9.59 Å². The van der Waals surface area contributed by atoms with Crippen molar-refractivity contribution in [3.8, 4) is 0 Å². The van der Waals surface area contributed by atoms with Crippen LogP contribution in [0.1, 0.15) is 24.5 Å². The van der Waals surface area contributed by atoms with E-state index in [-0.39, 0.29) is 18.2 Å². The molecule has 2 N–H and O–H groups in total. The van der Waals surface area contributed by atoms with Crippen LogP contribution in [-0.2, 0) is 16.0 Å². The summed E-state index contributed by atoms with van der Waals surface area (Å²) in [5.41, 5.74) is 2.06. The number of rotatable bonds is 6. The van der Waals surface area contributed by atoms with Gasteiger partial charge in [-0.15, -0.1) is 0 Å². The van der Waals surface area contributed by atoms with Crippen LogP contribution in [0.15, 0.2) is 22.7 Å². The smallest absolute Gasteiger partial charge is 0.303 e. The molecule has 0 heterocycles. The van der Waals surface area contributed by atoms with Crippen molar-refractivity contribution in [1.82, 2.24) is 5.32 Å². The number of carboxylic acids is 1. The largest absolute Gasteiger partial charge is 0.481 e. The number of nitrogens with one attached hydrogen (secondary N) is 1. The van der Waals surface area contributed by atoms with Crippen LogP contribution in [0.4, 0.5) is 0 Å². The monoisotopic (exact) mass is 327 g/mol. The van der Waals surface area contributed by atoms with Gasteiger partial charge in [-0.1, -0.05) is 35.0 Å². The number of aryl methyl sites for hydroxylation is 1. The molecule has 0 aliphatic carbocycles. The predicted molar refractivity (Wildman–Crippen MR) is 77.0 cm³/mol. The molecular weight excluding hydrogens is 310 g/mol. The number of amides is 1. The van der Waals surface area contributed by atoms with Crippen molar-refractivity contribution in [3.63, 3.8) is 0 Å². The Labute approximate surface area is 121 Å². The van der Waals surface area contributed by atoms with Gasteiger partial charge in [0.2, 0.25) is 5.91 Å². The van der Waals surface area contributed by atoms with Crippen LogP contribution in [0.5, 0.6) is 0 Å². The Morgan fingerprint density at radius 2 is 2.11 bits per heavy atom. The highest BCUT2D eigenvalue weighted by atomic mass is 79.9. The van der Waals surface area contributed by atoms with Crippen LogP contribution >= 0.6 is 15.9 Å². The van der Waals surface area contributed by atoms with Crippen molar-refractivity contribution in [3.05, 3.63) is 33.8 Å². The zero-order chi connectivity index (χ0) is 14.4. The molecule has 0 bridgehead atoms. The molecule has 104 valence electrons. The summed E-state index contributed by atoms with van der Waals surface area (Å²) in [7, 11) is 0. The third-order valence-corrected chi connectivity index (χ3v) is 3.63. The highest BCUT2D eigenvalue weighted by molar-refractivity contribution is 9.10. The first kappa shape index (κ1) is 15.7. The first-order chi connectivity index (χ1) is 8.88. The number of benzene rings is 1. The van der Waals surface area contributed by atoms with E-state index in [4.69, 9.17) is 5.11 Å². The van der Waals surface area contributed by atoms with Gasteiger partial charge in [0.25, 0.3) is 0 Å². The van der Waals surface area contributed by atoms with E-state index in [2.05, 4.69) is 21.2 Å². The number of aliphatic carboxylic acids is 1. The summed E-state index contributed by atoms with van der Waals surface area (Å²) >= 11 is 3.43. The number of halogens is 1. The second kappa shape index (κ2) is 7.28. The molecule has 1 amide bonds. The van der Waals surface area contributed by atoms with E-state index in [0.29, 0.717) is 13.0 Å². The van der Waals surface area contributed by atoms with E-state index in [1.807, 2.05) is 25.1 Å². The molecule has 5 heteroatoms. The van der Waals surface area contributed by atoms with Crippen molar-refractivity contribution < 1.29 is 14.7 Å². The minimum atomic E-state index is -0.843. The van der Waals surface area contributed by atoms with Gasteiger partial charge >= 0.3 is 5.97 Å². The van der Waals surface area contributed by atoms with E-state index in [0.717, 1.165) is 15.6 Å². The number of carbonyl (C=O) groups is 2. The topological polar surface area (TPSA) is 66.4 Å². The van der Waals surface area contributed by atoms with Gasteiger partial charge in [0.15, 0.2) is 0 Å². The Morgan fingerprint density at radius 3 is 2.68 bits per heavy atom. The zero-order valence-electron chi connectivity index (χ0n) is 11.1. The molecule has 0 aliphatic heterocycles. The van der Waals surface area contributed by atoms with E-state index in [1.165, 1.54) is 0 Å². The Hall–Kier alpha value is -1.36. The first-order valence-corrected chi connectivity index (χ1v) is 6.91. The van der Waals surface area contributed by atoms with Crippen LogP contribution in [0.3, 0.4) is 0 Å². The first-order valence-electron chi connectivity index (χ1n) is 6.12. The summed E-state index contributed by atoms with van der Waals surface area (Å²) in [4.78, 5) is 22.2. The number of hydrogen-bond acceptors (Lipinski definition) is 2. The lowest BCUT2D eigenvalue weighted by Crippen LogP contribution is -2.30. The molecule has 1 aromatic carbocycles. The highest BCUT2D eigenvalue weighted by Crippen LogP contribution is 2.17. The highest BCUT2D eigenvalue weighted by Gasteiger charge is 2.10. The lowest BCUT2D eigenvalue weighted by Gasteiger charge is -2.10. The summed E-state index contributed by atoms with van der Waals surface area (Å²) in [6.07, 6.45) is 0.370. The molecular formula is C14H18BrNO3. The van der Waals surface area contributed by atoms with Gasteiger partial charge in [0.1, 0.15) is 0 Å². The maximum Gasteiger partial charge on any atom is 0.303 e. The molecule has 4 nitrogen and oxygen atoms in total. The predicted octanol–water partition coefficient (Wildman–Crippen LogP) is 2.53. The number of carboxylic acid groups (broad SMARTS) is 1. The zero-order valence-corrected chi connectivity index (χ0v) is 12.7. The van der Waals surface area contributed by atoms with Gasteiger partial charge in [0, 0.05) is 17.4 Å². The average Bonchev–Trinajstić information content (AvgIpc) is 2.30. The minimum absolute atomic E-state index is 0.0637. The van der Waals surface area contributed by atoms with Gasteiger partial charge in [-0.2, -0.15) is 0 Å². The molecule has 0 spiro atoms.